The maximum atomic E-state index is 13.5. The molecule has 2 aliphatic rings. The molecule has 2 aromatic heterocycles. The van der Waals surface area contributed by atoms with E-state index in [4.69, 9.17) is 4.98 Å². The van der Waals surface area contributed by atoms with Crippen LogP contribution in [0.4, 0.5) is 0 Å². The zero-order valence-corrected chi connectivity index (χ0v) is 16.2. The Bertz CT molecular complexity index is 1030. The second-order valence-electron chi connectivity index (χ2n) is 7.74. The molecule has 0 aliphatic carbocycles. The molecular weight excluding hydrogens is 350 g/mol. The summed E-state index contributed by atoms with van der Waals surface area (Å²) in [5.41, 5.74) is 3.35. The molecule has 1 aromatic carbocycles. The van der Waals surface area contributed by atoms with Crippen LogP contribution in [-0.2, 0) is 6.54 Å². The zero-order chi connectivity index (χ0) is 19.1. The smallest absolute Gasteiger partial charge is 0.254 e. The normalized spacial score (nSPS) is 19.9. The number of carbonyl (C=O) groups excluding carboxylic acids is 1. The highest BCUT2D eigenvalue weighted by Gasteiger charge is 2.33. The molecule has 1 amide bonds. The number of pyridine rings is 1. The minimum atomic E-state index is 0.120. The van der Waals surface area contributed by atoms with Crippen LogP contribution in [-0.4, -0.2) is 62.7 Å². The summed E-state index contributed by atoms with van der Waals surface area (Å²) in [6.45, 7) is 6.66. The van der Waals surface area contributed by atoms with Gasteiger partial charge in [0, 0.05) is 49.4 Å². The highest BCUT2D eigenvalue weighted by molar-refractivity contribution is 6.07. The number of fused-ring (bicyclic) bond motifs is 2. The molecule has 0 saturated carbocycles. The van der Waals surface area contributed by atoms with Gasteiger partial charge in [-0.3, -0.25) is 14.4 Å². The lowest BCUT2D eigenvalue weighted by Gasteiger charge is -2.37. The number of piperazine rings is 1. The van der Waals surface area contributed by atoms with Crippen molar-refractivity contribution in [1.82, 2.24) is 24.6 Å². The van der Waals surface area contributed by atoms with Crippen LogP contribution in [0.1, 0.15) is 30.1 Å². The van der Waals surface area contributed by atoms with E-state index in [1.54, 1.807) is 0 Å². The molecular formula is C22H25N5O. The molecule has 0 N–H and O–H groups in total. The van der Waals surface area contributed by atoms with E-state index in [1.807, 2.05) is 52.3 Å². The monoisotopic (exact) mass is 375 g/mol. The molecule has 0 radical (unpaired) electrons. The summed E-state index contributed by atoms with van der Waals surface area (Å²) in [7, 11) is 0. The van der Waals surface area contributed by atoms with Gasteiger partial charge in [0.2, 0.25) is 0 Å². The van der Waals surface area contributed by atoms with E-state index in [0.717, 1.165) is 53.9 Å². The molecule has 2 saturated heterocycles. The van der Waals surface area contributed by atoms with Crippen LogP contribution in [0.25, 0.3) is 22.2 Å². The first kappa shape index (κ1) is 17.4. The van der Waals surface area contributed by atoms with Crippen molar-refractivity contribution < 1.29 is 4.79 Å². The minimum absolute atomic E-state index is 0.120. The minimum Gasteiger partial charge on any atom is -0.336 e. The van der Waals surface area contributed by atoms with Crippen molar-refractivity contribution in [2.24, 2.45) is 0 Å². The third kappa shape index (κ3) is 2.98. The number of aromatic nitrogens is 3. The van der Waals surface area contributed by atoms with Gasteiger partial charge in [-0.05, 0) is 38.4 Å². The number of benzene rings is 1. The Balaban J connectivity index is 1.54. The summed E-state index contributed by atoms with van der Waals surface area (Å²) >= 11 is 0. The fourth-order valence-electron chi connectivity index (χ4n) is 4.51. The summed E-state index contributed by atoms with van der Waals surface area (Å²) in [4.78, 5) is 22.9. The Morgan fingerprint density at radius 1 is 1.21 bits per heavy atom. The van der Waals surface area contributed by atoms with Gasteiger partial charge in [0.05, 0.1) is 23.0 Å². The van der Waals surface area contributed by atoms with E-state index in [9.17, 15) is 4.79 Å². The van der Waals surface area contributed by atoms with Gasteiger partial charge in [0.1, 0.15) is 0 Å². The van der Waals surface area contributed by atoms with Crippen LogP contribution in [0.2, 0.25) is 0 Å². The van der Waals surface area contributed by atoms with Gasteiger partial charge in [-0.15, -0.1) is 0 Å². The van der Waals surface area contributed by atoms with Gasteiger partial charge >= 0.3 is 0 Å². The van der Waals surface area contributed by atoms with Gasteiger partial charge in [0.25, 0.3) is 5.91 Å². The highest BCUT2D eigenvalue weighted by atomic mass is 16.2. The number of rotatable bonds is 3. The lowest BCUT2D eigenvalue weighted by molar-refractivity contribution is 0.0573. The SMILES string of the molecule is CCn1cc(-c2cc(C(=O)N3CCN4CCC[C@@H]4C3)c3ccccc3n2)cn1. The summed E-state index contributed by atoms with van der Waals surface area (Å²) in [6, 6.07) is 10.4. The first-order valence-corrected chi connectivity index (χ1v) is 10.2. The van der Waals surface area contributed by atoms with Crippen molar-refractivity contribution >= 4 is 16.8 Å². The molecule has 1 atom stereocenters. The molecule has 28 heavy (non-hydrogen) atoms. The zero-order valence-electron chi connectivity index (χ0n) is 16.2. The Hall–Kier alpha value is -2.73. The molecule has 144 valence electrons. The van der Waals surface area contributed by atoms with E-state index in [2.05, 4.69) is 16.9 Å². The Morgan fingerprint density at radius 2 is 2.11 bits per heavy atom. The molecule has 2 aliphatic heterocycles. The first-order valence-electron chi connectivity index (χ1n) is 10.2. The maximum absolute atomic E-state index is 13.5. The lowest BCUT2D eigenvalue weighted by atomic mass is 10.0. The van der Waals surface area contributed by atoms with Crippen molar-refractivity contribution in [3.05, 3.63) is 48.3 Å². The number of para-hydroxylation sites is 1. The predicted octanol–water partition coefficient (Wildman–Crippen LogP) is 3.04. The van der Waals surface area contributed by atoms with Gasteiger partial charge < -0.3 is 4.90 Å². The van der Waals surface area contributed by atoms with Crippen molar-refractivity contribution in [1.29, 1.82) is 0 Å². The van der Waals surface area contributed by atoms with Crippen molar-refractivity contribution in [3.8, 4) is 11.3 Å². The van der Waals surface area contributed by atoms with Crippen molar-refractivity contribution in [2.45, 2.75) is 32.4 Å². The Labute approximate surface area is 164 Å². The standard InChI is InChI=1S/C22H25N5O/c1-2-27-14-16(13-23-27)21-12-19(18-7-3-4-8-20(18)24-21)22(28)26-11-10-25-9-5-6-17(25)15-26/h3-4,7-8,12-14,17H,2,5-6,9-11,15H2,1H3/t17-/m1/s1. The van der Waals surface area contributed by atoms with E-state index in [-0.39, 0.29) is 5.91 Å². The predicted molar refractivity (Wildman–Crippen MR) is 109 cm³/mol. The number of hydrogen-bond donors (Lipinski definition) is 0. The average Bonchev–Trinajstić information content (AvgIpc) is 3.41. The Kier molecular flexibility index (Phi) is 4.36. The van der Waals surface area contributed by atoms with Crippen molar-refractivity contribution in [2.75, 3.05) is 26.2 Å². The Morgan fingerprint density at radius 3 is 2.96 bits per heavy atom. The number of carbonyl (C=O) groups is 1. The molecule has 6 heteroatoms. The molecule has 3 aromatic rings. The van der Waals surface area contributed by atoms with Crippen LogP contribution < -0.4 is 0 Å². The second kappa shape index (κ2) is 7.02. The van der Waals surface area contributed by atoms with Gasteiger partial charge in [0.15, 0.2) is 0 Å². The summed E-state index contributed by atoms with van der Waals surface area (Å²) in [6.07, 6.45) is 6.26. The first-order chi connectivity index (χ1) is 13.7. The van der Waals surface area contributed by atoms with E-state index in [0.29, 0.717) is 6.04 Å². The van der Waals surface area contributed by atoms with Crippen LogP contribution >= 0.6 is 0 Å². The fourth-order valence-corrected chi connectivity index (χ4v) is 4.51. The summed E-state index contributed by atoms with van der Waals surface area (Å²) in [5.74, 6) is 0.120. The highest BCUT2D eigenvalue weighted by Crippen LogP contribution is 2.28. The fraction of sp³-hybridized carbons (Fsp3) is 0.409. The number of nitrogens with zero attached hydrogens (tertiary/aromatic N) is 5. The largest absolute Gasteiger partial charge is 0.336 e. The van der Waals surface area contributed by atoms with Crippen molar-refractivity contribution in [3.63, 3.8) is 0 Å². The van der Waals surface area contributed by atoms with E-state index < -0.39 is 0 Å². The third-order valence-corrected chi connectivity index (χ3v) is 6.07. The average molecular weight is 375 g/mol. The molecule has 0 bridgehead atoms. The molecule has 4 heterocycles. The number of hydrogen-bond acceptors (Lipinski definition) is 4. The summed E-state index contributed by atoms with van der Waals surface area (Å²) in [5, 5.41) is 5.29. The van der Waals surface area contributed by atoms with Gasteiger partial charge in [-0.1, -0.05) is 18.2 Å². The quantitative estimate of drug-likeness (QED) is 0.706. The van der Waals surface area contributed by atoms with E-state index >= 15 is 0 Å². The molecule has 6 nitrogen and oxygen atoms in total. The molecule has 2 fully saturated rings. The van der Waals surface area contributed by atoms with Crippen LogP contribution in [0, 0.1) is 0 Å². The molecule has 5 rings (SSSR count). The second-order valence-corrected chi connectivity index (χ2v) is 7.74. The van der Waals surface area contributed by atoms with Gasteiger partial charge in [-0.2, -0.15) is 5.10 Å². The third-order valence-electron chi connectivity index (χ3n) is 6.07. The number of aryl methyl sites for hydroxylation is 1. The molecule has 0 spiro atoms. The van der Waals surface area contributed by atoms with E-state index in [1.165, 1.54) is 19.4 Å². The van der Waals surface area contributed by atoms with Crippen LogP contribution in [0.15, 0.2) is 42.7 Å². The number of amides is 1. The summed E-state index contributed by atoms with van der Waals surface area (Å²) < 4.78 is 1.88. The topological polar surface area (TPSA) is 54.3 Å². The lowest BCUT2D eigenvalue weighted by Crippen LogP contribution is -2.52. The van der Waals surface area contributed by atoms with Crippen LogP contribution in [0.3, 0.4) is 0 Å². The maximum Gasteiger partial charge on any atom is 0.254 e. The van der Waals surface area contributed by atoms with Gasteiger partial charge in [-0.25, -0.2) is 4.98 Å². The molecule has 0 unspecified atom stereocenters. The van der Waals surface area contributed by atoms with Crippen LogP contribution in [0.5, 0.6) is 0 Å².